The average Bonchev–Trinajstić information content (AvgIpc) is 2.40. The molecule has 0 saturated heterocycles. The summed E-state index contributed by atoms with van der Waals surface area (Å²) in [7, 11) is 0. The monoisotopic (exact) mass is 261 g/mol. The van der Waals surface area contributed by atoms with Gasteiger partial charge in [0.1, 0.15) is 0 Å². The molecule has 1 aliphatic rings. The van der Waals surface area contributed by atoms with Crippen LogP contribution in [0.2, 0.25) is 0 Å². The van der Waals surface area contributed by atoms with Crippen LogP contribution in [-0.2, 0) is 4.74 Å². The van der Waals surface area contributed by atoms with E-state index in [0.29, 0.717) is 5.92 Å². The topological polar surface area (TPSA) is 35.2 Å². The summed E-state index contributed by atoms with van der Waals surface area (Å²) in [5.74, 6) is 1.30. The fourth-order valence-electron chi connectivity index (χ4n) is 2.98. The number of hydrogen-bond acceptors (Lipinski definition) is 2. The number of fused-ring (bicyclic) bond motifs is 1. The minimum absolute atomic E-state index is 0.0337. The third-order valence-corrected chi connectivity index (χ3v) is 4.13. The maximum atomic E-state index is 6.37. The van der Waals surface area contributed by atoms with Crippen LogP contribution in [0.25, 0.3) is 0 Å². The van der Waals surface area contributed by atoms with Crippen molar-refractivity contribution in [2.24, 2.45) is 11.7 Å². The van der Waals surface area contributed by atoms with E-state index in [2.05, 4.69) is 45.0 Å². The van der Waals surface area contributed by atoms with Crippen molar-refractivity contribution in [2.75, 3.05) is 6.61 Å². The van der Waals surface area contributed by atoms with E-state index < -0.39 is 0 Å². The predicted octanol–water partition coefficient (Wildman–Crippen LogP) is 4.02. The molecule has 0 aromatic heterocycles. The Bertz CT molecular complexity index is 402. The average molecular weight is 261 g/mol. The second kappa shape index (κ2) is 6.53. The zero-order chi connectivity index (χ0) is 13.8. The van der Waals surface area contributed by atoms with Crippen LogP contribution in [0.1, 0.15) is 63.1 Å². The standard InChI is InChI=1S/C17H27NO/c1-12(2)7-6-10-19-16-11-13(3)14-8-4-5-9-15(14)17(16)18/h4-5,8-9,12-13,16-17H,6-7,10-11,18H2,1-3H3. The fraction of sp³-hybridized carbons (Fsp3) is 0.647. The first-order valence-corrected chi connectivity index (χ1v) is 7.55. The minimum Gasteiger partial charge on any atom is -0.376 e. The maximum Gasteiger partial charge on any atom is 0.0773 e. The predicted molar refractivity (Wildman–Crippen MR) is 80.2 cm³/mol. The molecule has 0 radical (unpaired) electrons. The highest BCUT2D eigenvalue weighted by Gasteiger charge is 2.30. The lowest BCUT2D eigenvalue weighted by Gasteiger charge is -2.34. The lowest BCUT2D eigenvalue weighted by Crippen LogP contribution is -2.35. The van der Waals surface area contributed by atoms with Gasteiger partial charge in [0.2, 0.25) is 0 Å². The van der Waals surface area contributed by atoms with Crippen molar-refractivity contribution < 1.29 is 4.74 Å². The molecule has 0 bridgehead atoms. The molecular formula is C17H27NO. The zero-order valence-corrected chi connectivity index (χ0v) is 12.4. The Morgan fingerprint density at radius 3 is 2.63 bits per heavy atom. The van der Waals surface area contributed by atoms with Crippen molar-refractivity contribution in [3.05, 3.63) is 35.4 Å². The summed E-state index contributed by atoms with van der Waals surface area (Å²) in [5, 5.41) is 0. The van der Waals surface area contributed by atoms with Gasteiger partial charge < -0.3 is 10.5 Å². The summed E-state index contributed by atoms with van der Waals surface area (Å²) < 4.78 is 6.05. The van der Waals surface area contributed by atoms with E-state index in [1.165, 1.54) is 17.5 Å². The summed E-state index contributed by atoms with van der Waals surface area (Å²) in [5.41, 5.74) is 9.04. The van der Waals surface area contributed by atoms with Crippen LogP contribution in [0.3, 0.4) is 0 Å². The molecule has 2 nitrogen and oxygen atoms in total. The molecule has 3 unspecified atom stereocenters. The Morgan fingerprint density at radius 2 is 1.95 bits per heavy atom. The van der Waals surface area contributed by atoms with Crippen LogP contribution >= 0.6 is 0 Å². The molecule has 2 heteroatoms. The van der Waals surface area contributed by atoms with Gasteiger partial charge >= 0.3 is 0 Å². The minimum atomic E-state index is 0.0337. The highest BCUT2D eigenvalue weighted by Crippen LogP contribution is 2.37. The quantitative estimate of drug-likeness (QED) is 0.813. The van der Waals surface area contributed by atoms with E-state index in [0.717, 1.165) is 25.4 Å². The van der Waals surface area contributed by atoms with Gasteiger partial charge in [-0.3, -0.25) is 0 Å². The first kappa shape index (κ1) is 14.5. The second-order valence-corrected chi connectivity index (χ2v) is 6.24. The van der Waals surface area contributed by atoms with Crippen LogP contribution in [0.4, 0.5) is 0 Å². The third kappa shape index (κ3) is 3.58. The number of rotatable bonds is 5. The van der Waals surface area contributed by atoms with Crippen molar-refractivity contribution in [3.8, 4) is 0 Å². The highest BCUT2D eigenvalue weighted by molar-refractivity contribution is 5.35. The molecule has 2 rings (SSSR count). The molecule has 1 aliphatic carbocycles. The highest BCUT2D eigenvalue weighted by atomic mass is 16.5. The fourth-order valence-corrected chi connectivity index (χ4v) is 2.98. The zero-order valence-electron chi connectivity index (χ0n) is 12.4. The maximum absolute atomic E-state index is 6.37. The molecule has 3 atom stereocenters. The molecular weight excluding hydrogens is 234 g/mol. The Balaban J connectivity index is 1.94. The van der Waals surface area contributed by atoms with Gasteiger partial charge in [-0.25, -0.2) is 0 Å². The molecule has 1 aromatic rings. The van der Waals surface area contributed by atoms with Crippen LogP contribution in [0.15, 0.2) is 24.3 Å². The number of ether oxygens (including phenoxy) is 1. The van der Waals surface area contributed by atoms with E-state index in [4.69, 9.17) is 10.5 Å². The van der Waals surface area contributed by atoms with Crippen molar-refractivity contribution in [3.63, 3.8) is 0 Å². The molecule has 0 heterocycles. The first-order chi connectivity index (χ1) is 9.09. The van der Waals surface area contributed by atoms with E-state index in [1.807, 2.05) is 0 Å². The molecule has 106 valence electrons. The summed E-state index contributed by atoms with van der Waals surface area (Å²) in [6.45, 7) is 7.62. The van der Waals surface area contributed by atoms with Gasteiger partial charge in [0.15, 0.2) is 0 Å². The molecule has 0 saturated carbocycles. The number of hydrogen-bond donors (Lipinski definition) is 1. The lowest BCUT2D eigenvalue weighted by atomic mass is 9.79. The molecule has 1 aromatic carbocycles. The van der Waals surface area contributed by atoms with Gasteiger partial charge in [0.25, 0.3) is 0 Å². The summed E-state index contributed by atoms with van der Waals surface area (Å²) in [6.07, 6.45) is 3.59. The van der Waals surface area contributed by atoms with E-state index in [9.17, 15) is 0 Å². The van der Waals surface area contributed by atoms with Gasteiger partial charge in [-0.05, 0) is 42.2 Å². The molecule has 0 amide bonds. The van der Waals surface area contributed by atoms with Crippen LogP contribution in [-0.4, -0.2) is 12.7 Å². The Kier molecular flexibility index (Phi) is 5.00. The molecule has 2 N–H and O–H groups in total. The Labute approximate surface area is 117 Å². The molecule has 0 spiro atoms. The van der Waals surface area contributed by atoms with Gasteiger partial charge in [0, 0.05) is 6.61 Å². The number of nitrogens with two attached hydrogens (primary N) is 1. The lowest BCUT2D eigenvalue weighted by molar-refractivity contribution is 0.0173. The number of benzene rings is 1. The van der Waals surface area contributed by atoms with Crippen LogP contribution in [0.5, 0.6) is 0 Å². The third-order valence-electron chi connectivity index (χ3n) is 4.13. The van der Waals surface area contributed by atoms with Crippen molar-refractivity contribution in [1.82, 2.24) is 0 Å². The largest absolute Gasteiger partial charge is 0.376 e. The Hall–Kier alpha value is -0.860. The van der Waals surface area contributed by atoms with Crippen molar-refractivity contribution in [1.29, 1.82) is 0 Å². The summed E-state index contributed by atoms with van der Waals surface area (Å²) in [6, 6.07) is 8.57. The van der Waals surface area contributed by atoms with E-state index in [-0.39, 0.29) is 12.1 Å². The van der Waals surface area contributed by atoms with Gasteiger partial charge in [-0.15, -0.1) is 0 Å². The van der Waals surface area contributed by atoms with Crippen molar-refractivity contribution in [2.45, 2.75) is 58.1 Å². The van der Waals surface area contributed by atoms with E-state index >= 15 is 0 Å². The second-order valence-electron chi connectivity index (χ2n) is 6.24. The normalized spacial score (nSPS) is 26.5. The molecule has 0 fully saturated rings. The van der Waals surface area contributed by atoms with Gasteiger partial charge in [0.05, 0.1) is 12.1 Å². The smallest absolute Gasteiger partial charge is 0.0773 e. The van der Waals surface area contributed by atoms with Gasteiger partial charge in [-0.2, -0.15) is 0 Å². The first-order valence-electron chi connectivity index (χ1n) is 7.55. The molecule has 19 heavy (non-hydrogen) atoms. The van der Waals surface area contributed by atoms with Crippen LogP contribution < -0.4 is 5.73 Å². The summed E-state index contributed by atoms with van der Waals surface area (Å²) in [4.78, 5) is 0. The van der Waals surface area contributed by atoms with Gasteiger partial charge in [-0.1, -0.05) is 45.0 Å². The van der Waals surface area contributed by atoms with E-state index in [1.54, 1.807) is 0 Å². The SMILES string of the molecule is CC(C)CCCOC1CC(C)c2ccccc2C1N. The summed E-state index contributed by atoms with van der Waals surface area (Å²) >= 11 is 0. The molecule has 0 aliphatic heterocycles. The van der Waals surface area contributed by atoms with Crippen molar-refractivity contribution >= 4 is 0 Å². The Morgan fingerprint density at radius 1 is 1.26 bits per heavy atom. The van der Waals surface area contributed by atoms with Crippen LogP contribution in [0, 0.1) is 5.92 Å².